The lowest BCUT2D eigenvalue weighted by atomic mass is 9.92. The molecule has 9 rings (SSSR count). The second-order valence-electron chi connectivity index (χ2n) is 17.6. The smallest absolute Gasteiger partial charge is 0.185 e. The molecule has 0 radical (unpaired) electrons. The third-order valence-corrected chi connectivity index (χ3v) is 13.3. The fourth-order valence-corrected chi connectivity index (χ4v) is 10.8. The molecule has 0 fully saturated rings. The molecule has 0 atom stereocenters. The van der Waals surface area contributed by atoms with Crippen molar-refractivity contribution in [1.29, 1.82) is 0 Å². The number of aryl methyl sites for hydroxylation is 10. The molecule has 0 unspecified atom stereocenters. The van der Waals surface area contributed by atoms with Gasteiger partial charge in [0.05, 0.1) is 22.8 Å². The van der Waals surface area contributed by atoms with Gasteiger partial charge in [-0.1, -0.05) is 89.1 Å². The molecule has 2 aliphatic rings. The normalized spacial score (nSPS) is 12.1. The van der Waals surface area contributed by atoms with Gasteiger partial charge in [0, 0.05) is 57.0 Å². The van der Waals surface area contributed by atoms with Crippen molar-refractivity contribution in [2.75, 3.05) is 5.75 Å². The van der Waals surface area contributed by atoms with Gasteiger partial charge >= 0.3 is 0 Å². The summed E-state index contributed by atoms with van der Waals surface area (Å²) < 4.78 is 0. The zero-order valence-corrected chi connectivity index (χ0v) is 38.8. The standard InChI is InChI=1S/C57H54N4OS/c1-31-25-34(4)51(35(5)26-31)55-45-17-15-43(58-45)54(42-13-11-41(12-14-42)23-24-63-40(10)62)44-16-18-46(59-44)56(52-36(6)27-32(2)28-37(52)7)48-20-22-50(61-48)57(49-21-19-47(55)60-49)53-38(8)29-33(3)30-39(53)9/h11-22,25-30,58,61H,23-24H2,1-10H3. The van der Waals surface area contributed by atoms with Crippen molar-refractivity contribution >= 4 is 63.2 Å². The zero-order chi connectivity index (χ0) is 44.3. The Morgan fingerprint density at radius 1 is 0.444 bits per heavy atom. The lowest BCUT2D eigenvalue weighted by Gasteiger charge is -2.14. The number of aromatic nitrogens is 4. The summed E-state index contributed by atoms with van der Waals surface area (Å²) in [6, 6.07) is 31.3. The molecule has 0 amide bonds. The summed E-state index contributed by atoms with van der Waals surface area (Å²) in [5.74, 6) is 0.757. The van der Waals surface area contributed by atoms with Crippen molar-refractivity contribution < 1.29 is 4.79 Å². The van der Waals surface area contributed by atoms with E-state index in [-0.39, 0.29) is 5.12 Å². The maximum atomic E-state index is 11.7. The molecular weight excluding hydrogens is 789 g/mol. The van der Waals surface area contributed by atoms with E-state index in [1.807, 2.05) is 0 Å². The quantitative estimate of drug-likeness (QED) is 0.168. The van der Waals surface area contributed by atoms with E-state index in [1.54, 1.807) is 6.92 Å². The van der Waals surface area contributed by atoms with Gasteiger partial charge in [-0.25, -0.2) is 9.97 Å². The molecule has 0 saturated carbocycles. The number of rotatable bonds is 7. The highest BCUT2D eigenvalue weighted by Gasteiger charge is 2.22. The van der Waals surface area contributed by atoms with Crippen LogP contribution in [-0.2, 0) is 11.2 Å². The van der Waals surface area contributed by atoms with E-state index in [0.717, 1.165) is 84.8 Å². The van der Waals surface area contributed by atoms with E-state index in [0.29, 0.717) is 0 Å². The first kappa shape index (κ1) is 41.8. The van der Waals surface area contributed by atoms with Gasteiger partial charge in [-0.3, -0.25) is 4.79 Å². The Labute approximate surface area is 375 Å². The van der Waals surface area contributed by atoms with E-state index in [4.69, 9.17) is 9.97 Å². The van der Waals surface area contributed by atoms with Crippen molar-refractivity contribution in [3.63, 3.8) is 0 Å². The minimum Gasteiger partial charge on any atom is -0.354 e. The van der Waals surface area contributed by atoms with Gasteiger partial charge in [-0.05, 0) is 179 Å². The number of thioether (sulfide) groups is 1. The number of fused-ring (bicyclic) bond motifs is 8. The first-order valence-corrected chi connectivity index (χ1v) is 22.9. The van der Waals surface area contributed by atoms with Gasteiger partial charge in [0.25, 0.3) is 0 Å². The summed E-state index contributed by atoms with van der Waals surface area (Å²) in [6.07, 6.45) is 9.56. The third-order valence-electron chi connectivity index (χ3n) is 12.5. The SMILES string of the molecule is CC(=O)SCCc1ccc(-c2c3nc(c(-c4c(C)cc(C)cc4C)c4ccc([nH]4)c(-c4c(C)cc(C)cc4C)c4nc(c(-c5c(C)cc(C)cc5C)c5ccc2[nH]5)C=C4)C=C3)cc1. The minimum absolute atomic E-state index is 0.145. The molecule has 5 heterocycles. The van der Waals surface area contributed by atoms with Gasteiger partial charge < -0.3 is 9.97 Å². The van der Waals surface area contributed by atoms with Crippen LogP contribution < -0.4 is 0 Å². The topological polar surface area (TPSA) is 74.4 Å². The van der Waals surface area contributed by atoms with Crippen LogP contribution in [0.2, 0.25) is 0 Å². The summed E-state index contributed by atoms with van der Waals surface area (Å²) in [6.45, 7) is 21.4. The number of aromatic amines is 2. The molecule has 3 aromatic heterocycles. The van der Waals surface area contributed by atoms with Crippen LogP contribution in [0.1, 0.15) is 85.3 Å². The lowest BCUT2D eigenvalue weighted by molar-refractivity contribution is -0.109. The Balaban J connectivity index is 1.45. The summed E-state index contributed by atoms with van der Waals surface area (Å²) in [7, 11) is 0. The molecule has 8 bridgehead atoms. The first-order chi connectivity index (χ1) is 30.2. The Morgan fingerprint density at radius 3 is 1.10 bits per heavy atom. The van der Waals surface area contributed by atoms with Crippen LogP contribution in [0.4, 0.5) is 0 Å². The van der Waals surface area contributed by atoms with Gasteiger partial charge in [-0.2, -0.15) is 0 Å². The average Bonchev–Trinajstić information content (AvgIpc) is 4.05. The number of nitrogens with one attached hydrogen (secondary N) is 2. The lowest BCUT2D eigenvalue weighted by Crippen LogP contribution is -1.96. The molecule has 7 aromatic rings. The zero-order valence-electron chi connectivity index (χ0n) is 38.0. The molecule has 2 N–H and O–H groups in total. The van der Waals surface area contributed by atoms with Crippen molar-refractivity contribution in [2.45, 2.75) is 75.7 Å². The van der Waals surface area contributed by atoms with Gasteiger partial charge in [0.2, 0.25) is 0 Å². The largest absolute Gasteiger partial charge is 0.354 e. The van der Waals surface area contributed by atoms with Crippen molar-refractivity contribution in [3.05, 3.63) is 163 Å². The monoisotopic (exact) mass is 842 g/mol. The van der Waals surface area contributed by atoms with Crippen LogP contribution in [0.15, 0.2) is 84.9 Å². The maximum Gasteiger partial charge on any atom is 0.185 e. The first-order valence-electron chi connectivity index (χ1n) is 21.9. The average molecular weight is 843 g/mol. The van der Waals surface area contributed by atoms with Gasteiger partial charge in [0.1, 0.15) is 0 Å². The number of carbonyl (C=O) groups excluding carboxylic acids is 1. The van der Waals surface area contributed by atoms with Crippen molar-refractivity contribution in [3.8, 4) is 44.5 Å². The van der Waals surface area contributed by atoms with E-state index >= 15 is 0 Å². The molecule has 314 valence electrons. The number of carbonyl (C=O) groups is 1. The second-order valence-corrected chi connectivity index (χ2v) is 18.9. The summed E-state index contributed by atoms with van der Waals surface area (Å²) in [5.41, 5.74) is 28.5. The molecule has 0 spiro atoms. The Bertz CT molecular complexity index is 3140. The Hall–Kier alpha value is -6.50. The van der Waals surface area contributed by atoms with Crippen LogP contribution in [0, 0.1) is 62.3 Å². The molecule has 6 heteroatoms. The highest BCUT2D eigenvalue weighted by molar-refractivity contribution is 8.13. The summed E-state index contributed by atoms with van der Waals surface area (Å²) >= 11 is 1.37. The predicted octanol–water partition coefficient (Wildman–Crippen LogP) is 14.9. The molecular formula is C57H54N4OS. The van der Waals surface area contributed by atoms with E-state index < -0.39 is 0 Å². The van der Waals surface area contributed by atoms with Crippen molar-refractivity contribution in [1.82, 2.24) is 19.9 Å². The third kappa shape index (κ3) is 7.93. The van der Waals surface area contributed by atoms with E-state index in [1.165, 1.54) is 84.1 Å². The van der Waals surface area contributed by atoms with E-state index in [2.05, 4.69) is 182 Å². The second kappa shape index (κ2) is 16.7. The number of H-pyrrole nitrogens is 2. The van der Waals surface area contributed by atoms with Crippen LogP contribution >= 0.6 is 11.8 Å². The molecule has 4 aromatic carbocycles. The summed E-state index contributed by atoms with van der Waals surface area (Å²) in [4.78, 5) is 30.8. The molecule has 63 heavy (non-hydrogen) atoms. The summed E-state index contributed by atoms with van der Waals surface area (Å²) in [5, 5.41) is 0.145. The van der Waals surface area contributed by atoms with Crippen LogP contribution in [0.5, 0.6) is 0 Å². The van der Waals surface area contributed by atoms with Crippen molar-refractivity contribution in [2.24, 2.45) is 0 Å². The Kier molecular flexibility index (Phi) is 11.1. The van der Waals surface area contributed by atoms with Crippen LogP contribution in [-0.4, -0.2) is 30.8 Å². The van der Waals surface area contributed by atoms with Crippen LogP contribution in [0.25, 0.3) is 90.9 Å². The maximum absolute atomic E-state index is 11.7. The van der Waals surface area contributed by atoms with Crippen LogP contribution in [0.3, 0.4) is 0 Å². The Morgan fingerprint density at radius 2 is 0.762 bits per heavy atom. The molecule has 0 aliphatic carbocycles. The predicted molar refractivity (Wildman–Crippen MR) is 270 cm³/mol. The van der Waals surface area contributed by atoms with Gasteiger partial charge in [0.15, 0.2) is 5.12 Å². The van der Waals surface area contributed by atoms with E-state index in [9.17, 15) is 4.79 Å². The highest BCUT2D eigenvalue weighted by Crippen LogP contribution is 2.42. The number of nitrogens with zero attached hydrogens (tertiary/aromatic N) is 2. The number of hydrogen-bond acceptors (Lipinski definition) is 4. The molecule has 5 nitrogen and oxygen atoms in total. The fourth-order valence-electron chi connectivity index (χ4n) is 10.2. The minimum atomic E-state index is 0.145. The number of benzene rings is 4. The molecule has 0 saturated heterocycles. The number of hydrogen-bond donors (Lipinski definition) is 2. The highest BCUT2D eigenvalue weighted by atomic mass is 32.2. The van der Waals surface area contributed by atoms with Gasteiger partial charge in [-0.15, -0.1) is 0 Å². The fraction of sp³-hybridized carbons (Fsp3) is 0.211. The molecule has 2 aliphatic heterocycles.